The average molecular weight is 254 g/mol. The van der Waals surface area contributed by atoms with Gasteiger partial charge in [0.05, 0.1) is 5.69 Å². The molecule has 0 fully saturated rings. The van der Waals surface area contributed by atoms with Gasteiger partial charge in [-0.25, -0.2) is 5.84 Å². The number of hydrogen-bond acceptors (Lipinski definition) is 4. The van der Waals surface area contributed by atoms with Crippen molar-refractivity contribution in [1.29, 1.82) is 0 Å². The molecule has 0 bridgehead atoms. The Morgan fingerprint density at radius 2 is 1.74 bits per heavy atom. The Labute approximate surface area is 113 Å². The topological polar surface area (TPSA) is 63.8 Å². The summed E-state index contributed by atoms with van der Waals surface area (Å²) in [6.45, 7) is 4.30. The summed E-state index contributed by atoms with van der Waals surface area (Å²) in [4.78, 5) is 0. The second kappa shape index (κ2) is 4.63. The van der Waals surface area contributed by atoms with Gasteiger partial charge in [-0.05, 0) is 67.5 Å². The number of fused-ring (bicyclic) bond motifs is 3. The molecule has 1 aliphatic carbocycles. The highest BCUT2D eigenvalue weighted by molar-refractivity contribution is 5.70. The van der Waals surface area contributed by atoms with Crippen LogP contribution in [0.15, 0.2) is 18.2 Å². The lowest BCUT2D eigenvalue weighted by atomic mass is 9.96. The Bertz CT molecular complexity index is 634. The van der Waals surface area contributed by atoms with E-state index in [9.17, 15) is 0 Å². The van der Waals surface area contributed by atoms with E-state index in [-0.39, 0.29) is 0 Å². The Hall–Kier alpha value is -1.94. The number of nitrogens with one attached hydrogen (secondary N) is 1. The van der Waals surface area contributed by atoms with E-state index in [4.69, 9.17) is 5.84 Å². The first-order valence-electron chi connectivity index (χ1n) is 6.63. The Balaban J connectivity index is 2.21. The van der Waals surface area contributed by atoms with Gasteiger partial charge < -0.3 is 5.43 Å². The largest absolute Gasteiger partial charge is 0.307 e. The fourth-order valence-electron chi connectivity index (χ4n) is 2.69. The average Bonchev–Trinajstić information content (AvgIpc) is 2.58. The molecule has 4 heteroatoms. The van der Waals surface area contributed by atoms with Crippen LogP contribution in [0.3, 0.4) is 0 Å². The molecule has 19 heavy (non-hydrogen) atoms. The van der Waals surface area contributed by atoms with Crippen LogP contribution in [-0.4, -0.2) is 10.2 Å². The second-order valence-electron chi connectivity index (χ2n) is 5.19. The number of benzene rings is 1. The molecule has 98 valence electrons. The minimum Gasteiger partial charge on any atom is -0.307 e. The summed E-state index contributed by atoms with van der Waals surface area (Å²) in [7, 11) is 0. The van der Waals surface area contributed by atoms with Crippen LogP contribution in [0.2, 0.25) is 0 Å². The molecule has 1 aromatic carbocycles. The molecular formula is C15H18N4. The van der Waals surface area contributed by atoms with Crippen molar-refractivity contribution in [3.8, 4) is 11.3 Å². The Kier molecular flexibility index (Phi) is 2.95. The third-order valence-electron chi connectivity index (χ3n) is 3.89. The predicted octanol–water partition coefficient (Wildman–Crippen LogP) is 2.53. The minimum absolute atomic E-state index is 0.631. The summed E-state index contributed by atoms with van der Waals surface area (Å²) in [6.07, 6.45) is 3.25. The SMILES string of the molecule is Cc1cc2c(cc1C)-c1nnc(NN)cc1CCC2. The van der Waals surface area contributed by atoms with Crippen LogP contribution in [0.4, 0.5) is 5.82 Å². The van der Waals surface area contributed by atoms with Gasteiger partial charge in [0.1, 0.15) is 0 Å². The molecule has 0 spiro atoms. The number of aromatic nitrogens is 2. The van der Waals surface area contributed by atoms with Crippen molar-refractivity contribution < 1.29 is 0 Å². The minimum atomic E-state index is 0.631. The quantitative estimate of drug-likeness (QED) is 0.606. The number of nitrogen functional groups attached to an aromatic ring is 1. The van der Waals surface area contributed by atoms with Crippen molar-refractivity contribution in [2.75, 3.05) is 5.43 Å². The second-order valence-corrected chi connectivity index (χ2v) is 5.19. The van der Waals surface area contributed by atoms with E-state index in [1.807, 2.05) is 6.07 Å². The number of nitrogens with two attached hydrogens (primary N) is 1. The number of nitrogens with zero attached hydrogens (tertiary/aromatic N) is 2. The van der Waals surface area contributed by atoms with Crippen molar-refractivity contribution in [1.82, 2.24) is 10.2 Å². The third kappa shape index (κ3) is 2.08. The van der Waals surface area contributed by atoms with Gasteiger partial charge in [-0.3, -0.25) is 0 Å². The summed E-state index contributed by atoms with van der Waals surface area (Å²) in [5, 5.41) is 8.49. The number of aryl methyl sites for hydroxylation is 4. The molecule has 0 amide bonds. The van der Waals surface area contributed by atoms with Gasteiger partial charge in [-0.15, -0.1) is 10.2 Å². The number of rotatable bonds is 1. The summed E-state index contributed by atoms with van der Waals surface area (Å²) >= 11 is 0. The highest BCUT2D eigenvalue weighted by Gasteiger charge is 2.17. The normalized spacial score (nSPS) is 13.4. The van der Waals surface area contributed by atoms with E-state index >= 15 is 0 Å². The van der Waals surface area contributed by atoms with Gasteiger partial charge in [0.15, 0.2) is 5.82 Å². The fourth-order valence-corrected chi connectivity index (χ4v) is 2.69. The molecule has 3 N–H and O–H groups in total. The monoisotopic (exact) mass is 254 g/mol. The van der Waals surface area contributed by atoms with Crippen molar-refractivity contribution in [3.63, 3.8) is 0 Å². The highest BCUT2D eigenvalue weighted by Crippen LogP contribution is 2.33. The van der Waals surface area contributed by atoms with Gasteiger partial charge >= 0.3 is 0 Å². The first-order valence-corrected chi connectivity index (χ1v) is 6.63. The zero-order chi connectivity index (χ0) is 13.4. The number of hydrogen-bond donors (Lipinski definition) is 2. The van der Waals surface area contributed by atoms with E-state index in [2.05, 4.69) is 41.6 Å². The van der Waals surface area contributed by atoms with Crippen LogP contribution in [0.25, 0.3) is 11.3 Å². The maximum Gasteiger partial charge on any atom is 0.162 e. The van der Waals surface area contributed by atoms with Gasteiger partial charge in [-0.1, -0.05) is 6.07 Å². The number of anilines is 1. The molecule has 0 saturated heterocycles. The van der Waals surface area contributed by atoms with Crippen molar-refractivity contribution in [2.24, 2.45) is 5.84 Å². The molecule has 0 unspecified atom stereocenters. The highest BCUT2D eigenvalue weighted by atomic mass is 15.3. The number of hydrazine groups is 1. The molecule has 1 aromatic heterocycles. The third-order valence-corrected chi connectivity index (χ3v) is 3.89. The summed E-state index contributed by atoms with van der Waals surface area (Å²) in [6, 6.07) is 6.53. The van der Waals surface area contributed by atoms with Gasteiger partial charge in [0.25, 0.3) is 0 Å². The fraction of sp³-hybridized carbons (Fsp3) is 0.333. The van der Waals surface area contributed by atoms with Crippen molar-refractivity contribution in [2.45, 2.75) is 33.1 Å². The van der Waals surface area contributed by atoms with Crippen LogP contribution in [0, 0.1) is 13.8 Å². The standard InChI is InChI=1S/C15H18N4/c1-9-6-11-4-3-5-12-8-14(17-16)18-19-15(12)13(11)7-10(9)2/h6-8H,3-5,16H2,1-2H3,(H,17,18). The van der Waals surface area contributed by atoms with E-state index < -0.39 is 0 Å². The lowest BCUT2D eigenvalue weighted by Gasteiger charge is -2.11. The lowest BCUT2D eigenvalue weighted by molar-refractivity contribution is 0.829. The van der Waals surface area contributed by atoms with Gasteiger partial charge in [-0.2, -0.15) is 0 Å². The van der Waals surface area contributed by atoms with Crippen molar-refractivity contribution in [3.05, 3.63) is 40.5 Å². The molecule has 0 aliphatic heterocycles. The maximum absolute atomic E-state index is 5.41. The molecule has 1 heterocycles. The van der Waals surface area contributed by atoms with Gasteiger partial charge in [0.2, 0.25) is 0 Å². The zero-order valence-corrected chi connectivity index (χ0v) is 11.3. The molecule has 1 aliphatic rings. The van der Waals surface area contributed by atoms with Crippen LogP contribution in [-0.2, 0) is 12.8 Å². The molecule has 2 aromatic rings. The molecule has 3 rings (SSSR count). The van der Waals surface area contributed by atoms with Crippen molar-refractivity contribution >= 4 is 5.82 Å². The van der Waals surface area contributed by atoms with E-state index in [1.54, 1.807) is 0 Å². The van der Waals surface area contributed by atoms with E-state index in [0.717, 1.165) is 25.0 Å². The van der Waals surface area contributed by atoms with Crippen LogP contribution in [0.1, 0.15) is 28.7 Å². The zero-order valence-electron chi connectivity index (χ0n) is 11.3. The Morgan fingerprint density at radius 3 is 2.53 bits per heavy atom. The van der Waals surface area contributed by atoms with Crippen LogP contribution in [0.5, 0.6) is 0 Å². The van der Waals surface area contributed by atoms with E-state index in [1.165, 1.54) is 27.8 Å². The lowest BCUT2D eigenvalue weighted by Crippen LogP contribution is -2.10. The first kappa shape index (κ1) is 12.1. The summed E-state index contributed by atoms with van der Waals surface area (Å²) in [5.41, 5.74) is 10.1. The first-order chi connectivity index (χ1) is 9.19. The van der Waals surface area contributed by atoms with Crippen LogP contribution >= 0.6 is 0 Å². The molecule has 0 atom stereocenters. The predicted molar refractivity (Wildman–Crippen MR) is 76.8 cm³/mol. The summed E-state index contributed by atoms with van der Waals surface area (Å²) < 4.78 is 0. The Morgan fingerprint density at radius 1 is 1.00 bits per heavy atom. The molecule has 4 nitrogen and oxygen atoms in total. The maximum atomic E-state index is 5.41. The van der Waals surface area contributed by atoms with E-state index in [0.29, 0.717) is 5.82 Å². The molecule has 0 saturated carbocycles. The smallest absolute Gasteiger partial charge is 0.162 e. The molecule has 0 radical (unpaired) electrons. The summed E-state index contributed by atoms with van der Waals surface area (Å²) in [5.74, 6) is 6.04. The van der Waals surface area contributed by atoms with Gasteiger partial charge in [0, 0.05) is 5.56 Å². The molecular weight excluding hydrogens is 236 g/mol. The van der Waals surface area contributed by atoms with Crippen LogP contribution < -0.4 is 11.3 Å².